The molecule has 0 saturated carbocycles. The molecular formula is C7H7NO3S. The van der Waals surface area contributed by atoms with Gasteiger partial charge in [-0.1, -0.05) is 18.3 Å². The van der Waals surface area contributed by atoms with E-state index < -0.39 is 5.97 Å². The van der Waals surface area contributed by atoms with Gasteiger partial charge in [-0.05, 0) is 0 Å². The Morgan fingerprint density at radius 2 is 2.58 bits per heavy atom. The Bertz CT molecular complexity index is 281. The van der Waals surface area contributed by atoms with Crippen LogP contribution in [0.25, 0.3) is 0 Å². The number of carboxylic acid groups (broad SMARTS) is 1. The average molecular weight is 185 g/mol. The third kappa shape index (κ3) is 2.43. The first-order chi connectivity index (χ1) is 5.70. The molecule has 1 heterocycles. The number of hydrogen-bond acceptors (Lipinski definition) is 4. The molecule has 4 nitrogen and oxygen atoms in total. The van der Waals surface area contributed by atoms with Crippen molar-refractivity contribution >= 4 is 17.7 Å². The van der Waals surface area contributed by atoms with Crippen LogP contribution in [0.2, 0.25) is 0 Å². The number of rotatable bonds is 4. The lowest BCUT2D eigenvalue weighted by molar-refractivity contribution is -0.132. The lowest BCUT2D eigenvalue weighted by Crippen LogP contribution is -2.00. The fourth-order valence-electron chi connectivity index (χ4n) is 0.492. The zero-order valence-corrected chi connectivity index (χ0v) is 7.00. The first-order valence-electron chi connectivity index (χ1n) is 3.13. The Morgan fingerprint density at radius 1 is 1.83 bits per heavy atom. The van der Waals surface area contributed by atoms with Crippen molar-refractivity contribution in [3.05, 3.63) is 24.6 Å². The molecule has 0 bridgehead atoms. The van der Waals surface area contributed by atoms with Gasteiger partial charge < -0.3 is 9.52 Å². The molecule has 0 atom stereocenters. The van der Waals surface area contributed by atoms with Crippen LogP contribution in [-0.4, -0.2) is 21.8 Å². The Labute approximate surface area is 73.3 Å². The molecule has 1 aromatic rings. The molecule has 0 radical (unpaired) electrons. The summed E-state index contributed by atoms with van der Waals surface area (Å²) in [6.07, 6.45) is 2.94. The number of nitrogens with zero attached hydrogens (tertiary/aromatic N) is 1. The highest BCUT2D eigenvalue weighted by Crippen LogP contribution is 2.17. The fraction of sp³-hybridized carbons (Fsp3) is 0.143. The van der Waals surface area contributed by atoms with Crippen LogP contribution < -0.4 is 0 Å². The zero-order chi connectivity index (χ0) is 8.97. The Morgan fingerprint density at radius 3 is 3.08 bits per heavy atom. The number of oxazole rings is 1. The van der Waals surface area contributed by atoms with Gasteiger partial charge >= 0.3 is 5.97 Å². The van der Waals surface area contributed by atoms with E-state index in [4.69, 9.17) is 9.52 Å². The third-order valence-electron chi connectivity index (χ3n) is 1.08. The van der Waals surface area contributed by atoms with Crippen LogP contribution in [0.3, 0.4) is 0 Å². The van der Waals surface area contributed by atoms with Gasteiger partial charge in [0, 0.05) is 11.3 Å². The minimum absolute atomic E-state index is 0.137. The highest BCUT2D eigenvalue weighted by Gasteiger charge is 2.06. The predicted octanol–water partition coefficient (Wildman–Crippen LogP) is 1.41. The zero-order valence-electron chi connectivity index (χ0n) is 6.19. The first kappa shape index (κ1) is 8.86. The van der Waals surface area contributed by atoms with Gasteiger partial charge in [0.25, 0.3) is 5.22 Å². The molecule has 0 aliphatic carbocycles. The third-order valence-corrected chi connectivity index (χ3v) is 2.02. The van der Waals surface area contributed by atoms with Gasteiger partial charge in [-0.25, -0.2) is 9.78 Å². The minimum Gasteiger partial charge on any atom is -0.478 e. The molecule has 0 spiro atoms. The molecule has 1 N–H and O–H groups in total. The Balaban J connectivity index is 2.37. The summed E-state index contributed by atoms with van der Waals surface area (Å²) in [5.74, 6) is -0.704. The minimum atomic E-state index is -0.992. The lowest BCUT2D eigenvalue weighted by Gasteiger charge is -1.95. The maximum atomic E-state index is 10.3. The molecule has 0 aromatic carbocycles. The molecule has 0 aliphatic heterocycles. The van der Waals surface area contributed by atoms with E-state index >= 15 is 0 Å². The molecule has 0 aliphatic rings. The number of aromatic nitrogens is 1. The van der Waals surface area contributed by atoms with Gasteiger partial charge in [0.15, 0.2) is 0 Å². The van der Waals surface area contributed by atoms with Gasteiger partial charge in [-0.3, -0.25) is 0 Å². The number of hydrogen-bond donors (Lipinski definition) is 1. The van der Waals surface area contributed by atoms with Crippen LogP contribution in [0.4, 0.5) is 0 Å². The quantitative estimate of drug-likeness (QED) is 0.567. The van der Waals surface area contributed by atoms with Crippen LogP contribution >= 0.6 is 11.8 Å². The summed E-state index contributed by atoms with van der Waals surface area (Å²) in [6, 6.07) is 0. The van der Waals surface area contributed by atoms with Crippen molar-refractivity contribution in [2.75, 3.05) is 5.75 Å². The molecule has 1 rings (SSSR count). The molecule has 5 heteroatoms. The summed E-state index contributed by atoms with van der Waals surface area (Å²) in [4.78, 5) is 14.1. The fourth-order valence-corrected chi connectivity index (χ4v) is 1.17. The van der Waals surface area contributed by atoms with Gasteiger partial charge in [-0.2, -0.15) is 0 Å². The van der Waals surface area contributed by atoms with Crippen molar-refractivity contribution in [3.8, 4) is 0 Å². The summed E-state index contributed by atoms with van der Waals surface area (Å²) in [5, 5.41) is 8.90. The van der Waals surface area contributed by atoms with Gasteiger partial charge in [0.2, 0.25) is 0 Å². The molecular weight excluding hydrogens is 178 g/mol. The van der Waals surface area contributed by atoms with E-state index in [1.54, 1.807) is 0 Å². The maximum Gasteiger partial charge on any atom is 0.331 e. The van der Waals surface area contributed by atoms with Crippen molar-refractivity contribution in [3.63, 3.8) is 0 Å². The molecule has 0 amide bonds. The average Bonchev–Trinajstić information content (AvgIpc) is 2.51. The molecule has 0 unspecified atom stereocenters. The standard InChI is InChI=1S/C7H7NO3S/c1-5(6(9)10)4-12-7-8-2-3-11-7/h2-3H,1,4H2,(H,9,10). The summed E-state index contributed by atoms with van der Waals surface area (Å²) in [6.45, 7) is 3.36. The van der Waals surface area contributed by atoms with E-state index in [1.807, 2.05) is 0 Å². The first-order valence-corrected chi connectivity index (χ1v) is 4.12. The second-order valence-corrected chi connectivity index (χ2v) is 2.92. The van der Waals surface area contributed by atoms with Crippen LogP contribution in [0.1, 0.15) is 0 Å². The highest BCUT2D eigenvalue weighted by molar-refractivity contribution is 7.99. The van der Waals surface area contributed by atoms with E-state index in [0.29, 0.717) is 5.22 Å². The van der Waals surface area contributed by atoms with E-state index in [9.17, 15) is 4.79 Å². The number of carbonyl (C=O) groups is 1. The number of carboxylic acids is 1. The second kappa shape index (κ2) is 3.96. The molecule has 64 valence electrons. The maximum absolute atomic E-state index is 10.3. The van der Waals surface area contributed by atoms with Crippen LogP contribution in [0.5, 0.6) is 0 Å². The molecule has 1 aromatic heterocycles. The summed E-state index contributed by atoms with van der Waals surface area (Å²) in [5.41, 5.74) is 0.137. The predicted molar refractivity (Wildman–Crippen MR) is 44.0 cm³/mol. The summed E-state index contributed by atoms with van der Waals surface area (Å²) >= 11 is 1.21. The van der Waals surface area contributed by atoms with Gasteiger partial charge in [0.1, 0.15) is 6.26 Å². The van der Waals surface area contributed by atoms with E-state index in [-0.39, 0.29) is 11.3 Å². The molecule has 12 heavy (non-hydrogen) atoms. The van der Waals surface area contributed by atoms with E-state index in [2.05, 4.69) is 11.6 Å². The van der Waals surface area contributed by atoms with Crippen LogP contribution in [0.15, 0.2) is 34.3 Å². The van der Waals surface area contributed by atoms with Crippen molar-refractivity contribution in [1.29, 1.82) is 0 Å². The van der Waals surface area contributed by atoms with Crippen LogP contribution in [-0.2, 0) is 4.79 Å². The van der Waals surface area contributed by atoms with Gasteiger partial charge in [-0.15, -0.1) is 0 Å². The van der Waals surface area contributed by atoms with Gasteiger partial charge in [0.05, 0.1) is 6.20 Å². The van der Waals surface area contributed by atoms with Crippen molar-refractivity contribution in [1.82, 2.24) is 4.98 Å². The summed E-state index contributed by atoms with van der Waals surface area (Å²) < 4.78 is 4.88. The summed E-state index contributed by atoms with van der Waals surface area (Å²) in [7, 11) is 0. The Hall–Kier alpha value is -1.23. The largest absolute Gasteiger partial charge is 0.478 e. The molecule has 0 fully saturated rings. The van der Waals surface area contributed by atoms with E-state index in [1.165, 1.54) is 24.2 Å². The Kier molecular flexibility index (Phi) is 2.93. The topological polar surface area (TPSA) is 63.3 Å². The number of aliphatic carboxylic acids is 1. The highest BCUT2D eigenvalue weighted by atomic mass is 32.2. The second-order valence-electron chi connectivity index (χ2n) is 2.00. The molecule has 0 saturated heterocycles. The normalized spacial score (nSPS) is 9.67. The monoisotopic (exact) mass is 185 g/mol. The van der Waals surface area contributed by atoms with Crippen molar-refractivity contribution < 1.29 is 14.3 Å². The lowest BCUT2D eigenvalue weighted by atomic mass is 10.4. The smallest absolute Gasteiger partial charge is 0.331 e. The van der Waals surface area contributed by atoms with Crippen molar-refractivity contribution in [2.24, 2.45) is 0 Å². The number of thioether (sulfide) groups is 1. The van der Waals surface area contributed by atoms with E-state index in [0.717, 1.165) is 0 Å². The SMILES string of the molecule is C=C(CSc1ncco1)C(=O)O. The van der Waals surface area contributed by atoms with Crippen LogP contribution in [0, 0.1) is 0 Å². The van der Waals surface area contributed by atoms with Crippen molar-refractivity contribution in [2.45, 2.75) is 5.22 Å².